The summed E-state index contributed by atoms with van der Waals surface area (Å²) in [6.45, 7) is 2.85. The molecule has 1 aromatic carbocycles. The fourth-order valence-electron chi connectivity index (χ4n) is 2.69. The molecular weight excluding hydrogens is 270 g/mol. The molecule has 6 heteroatoms. The second kappa shape index (κ2) is 4.80. The van der Waals surface area contributed by atoms with Crippen LogP contribution in [-0.4, -0.2) is 47.4 Å². The molecule has 3 amide bonds. The molecule has 1 aromatic heterocycles. The Kier molecular flexibility index (Phi) is 3.08. The van der Waals surface area contributed by atoms with Crippen LogP contribution in [0.1, 0.15) is 23.0 Å². The van der Waals surface area contributed by atoms with E-state index in [1.807, 2.05) is 25.1 Å². The first-order valence-electron chi connectivity index (χ1n) is 6.82. The number of carbonyl (C=O) groups is 2. The monoisotopic (exact) mass is 287 g/mol. The molecule has 1 aliphatic rings. The van der Waals surface area contributed by atoms with Crippen molar-refractivity contribution in [1.29, 1.82) is 0 Å². The minimum atomic E-state index is -0.276. The van der Waals surface area contributed by atoms with Crippen molar-refractivity contribution in [2.75, 3.05) is 20.7 Å². The Morgan fingerprint density at radius 2 is 2.10 bits per heavy atom. The number of aromatic amines is 1. The van der Waals surface area contributed by atoms with Gasteiger partial charge in [-0.25, -0.2) is 4.79 Å². The fourth-order valence-corrected chi connectivity index (χ4v) is 2.69. The van der Waals surface area contributed by atoms with Crippen molar-refractivity contribution >= 4 is 22.8 Å². The predicted octanol–water partition coefficient (Wildman–Crippen LogP) is 2.20. The summed E-state index contributed by atoms with van der Waals surface area (Å²) in [4.78, 5) is 30.8. The zero-order valence-corrected chi connectivity index (χ0v) is 12.3. The van der Waals surface area contributed by atoms with Gasteiger partial charge in [-0.15, -0.1) is 0 Å². The van der Waals surface area contributed by atoms with Crippen LogP contribution in [0.15, 0.2) is 18.2 Å². The Labute approximate surface area is 122 Å². The fraction of sp³-hybridized carbons (Fsp3) is 0.333. The van der Waals surface area contributed by atoms with Crippen LogP contribution in [-0.2, 0) is 6.54 Å². The lowest BCUT2D eigenvalue weighted by Crippen LogP contribution is -2.41. The zero-order valence-electron chi connectivity index (χ0n) is 12.3. The average Bonchev–Trinajstić information content (AvgIpc) is 2.83. The smallest absolute Gasteiger partial charge is 0.327 e. The van der Waals surface area contributed by atoms with Gasteiger partial charge < -0.3 is 14.6 Å². The number of fused-ring (bicyclic) bond motifs is 3. The predicted molar refractivity (Wildman–Crippen MR) is 78.4 cm³/mol. The van der Waals surface area contributed by atoms with Crippen molar-refractivity contribution in [2.24, 2.45) is 0 Å². The van der Waals surface area contributed by atoms with Crippen molar-refractivity contribution in [3.05, 3.63) is 29.5 Å². The highest BCUT2D eigenvalue weighted by Crippen LogP contribution is 2.30. The van der Waals surface area contributed by atoms with Gasteiger partial charge in [-0.05, 0) is 19.1 Å². The standard InChI is InChI=1S/C15H17N3O3/c1-4-18-8-12-13(14(19)17(2)15(18)20)10-6-5-9(21-3)7-11(10)16-12/h5-7,16H,4,8H2,1-3H3. The number of imide groups is 1. The molecule has 0 radical (unpaired) electrons. The lowest BCUT2D eigenvalue weighted by atomic mass is 10.1. The van der Waals surface area contributed by atoms with Crippen LogP contribution in [0.5, 0.6) is 5.75 Å². The number of hydrogen-bond acceptors (Lipinski definition) is 3. The summed E-state index contributed by atoms with van der Waals surface area (Å²) in [6.07, 6.45) is 0. The lowest BCUT2D eigenvalue weighted by molar-refractivity contribution is 0.0811. The maximum atomic E-state index is 12.6. The maximum absolute atomic E-state index is 12.6. The van der Waals surface area contributed by atoms with Gasteiger partial charge in [0.1, 0.15) is 5.75 Å². The van der Waals surface area contributed by atoms with Crippen LogP contribution in [0.25, 0.3) is 10.9 Å². The number of carbonyl (C=O) groups excluding carboxylic acids is 2. The van der Waals surface area contributed by atoms with Crippen molar-refractivity contribution in [1.82, 2.24) is 14.8 Å². The quantitative estimate of drug-likeness (QED) is 0.921. The van der Waals surface area contributed by atoms with Gasteiger partial charge in [-0.3, -0.25) is 9.69 Å². The van der Waals surface area contributed by atoms with Crippen molar-refractivity contribution in [3.63, 3.8) is 0 Å². The van der Waals surface area contributed by atoms with Gasteiger partial charge in [0, 0.05) is 30.7 Å². The van der Waals surface area contributed by atoms with Crippen molar-refractivity contribution < 1.29 is 14.3 Å². The van der Waals surface area contributed by atoms with Gasteiger partial charge in [0.15, 0.2) is 0 Å². The number of H-pyrrole nitrogens is 1. The summed E-state index contributed by atoms with van der Waals surface area (Å²) in [5, 5.41) is 0.813. The highest BCUT2D eigenvalue weighted by Gasteiger charge is 2.32. The molecule has 6 nitrogen and oxygen atoms in total. The molecule has 0 bridgehead atoms. The Hall–Kier alpha value is -2.50. The molecule has 0 spiro atoms. The third kappa shape index (κ3) is 1.94. The van der Waals surface area contributed by atoms with E-state index in [2.05, 4.69) is 4.98 Å². The van der Waals surface area contributed by atoms with Gasteiger partial charge in [0.2, 0.25) is 0 Å². The Balaban J connectivity index is 2.21. The van der Waals surface area contributed by atoms with Gasteiger partial charge in [-0.2, -0.15) is 0 Å². The number of urea groups is 1. The van der Waals surface area contributed by atoms with E-state index >= 15 is 0 Å². The molecule has 0 unspecified atom stereocenters. The Morgan fingerprint density at radius 3 is 2.76 bits per heavy atom. The molecular formula is C15H17N3O3. The number of rotatable bonds is 2. The van der Waals surface area contributed by atoms with Crippen LogP contribution in [0.2, 0.25) is 0 Å². The number of benzene rings is 1. The lowest BCUT2D eigenvalue weighted by Gasteiger charge is -2.22. The second-order valence-corrected chi connectivity index (χ2v) is 5.05. The molecule has 0 aliphatic carbocycles. The maximum Gasteiger partial charge on any atom is 0.327 e. The SMILES string of the molecule is CCN1Cc2[nH]c3cc(OC)ccc3c2C(=O)N(C)C1=O. The van der Waals surface area contributed by atoms with Crippen LogP contribution >= 0.6 is 0 Å². The molecule has 21 heavy (non-hydrogen) atoms. The van der Waals surface area contributed by atoms with E-state index in [0.717, 1.165) is 22.3 Å². The minimum absolute atomic E-state index is 0.270. The number of nitrogens with one attached hydrogen (secondary N) is 1. The molecule has 0 saturated carbocycles. The van der Waals surface area contributed by atoms with Gasteiger partial charge in [0.25, 0.3) is 5.91 Å². The van der Waals surface area contributed by atoms with E-state index in [1.54, 1.807) is 12.0 Å². The number of methoxy groups -OCH3 is 1. The van der Waals surface area contributed by atoms with E-state index in [4.69, 9.17) is 4.74 Å². The molecule has 1 N–H and O–H groups in total. The van der Waals surface area contributed by atoms with Gasteiger partial charge >= 0.3 is 6.03 Å². The molecule has 0 fully saturated rings. The third-order valence-corrected chi connectivity index (χ3v) is 3.89. The molecule has 3 rings (SSSR count). The largest absolute Gasteiger partial charge is 0.497 e. The van der Waals surface area contributed by atoms with E-state index in [0.29, 0.717) is 18.7 Å². The number of amides is 3. The molecule has 1 aliphatic heterocycles. The summed E-state index contributed by atoms with van der Waals surface area (Å²) in [7, 11) is 3.12. The van der Waals surface area contributed by atoms with Crippen LogP contribution in [0.3, 0.4) is 0 Å². The normalized spacial score (nSPS) is 15.4. The molecule has 110 valence electrons. The average molecular weight is 287 g/mol. The highest BCUT2D eigenvalue weighted by atomic mass is 16.5. The van der Waals surface area contributed by atoms with E-state index < -0.39 is 0 Å². The first kappa shape index (κ1) is 13.5. The van der Waals surface area contributed by atoms with Gasteiger partial charge in [0.05, 0.1) is 24.7 Å². The van der Waals surface area contributed by atoms with Crippen molar-refractivity contribution in [2.45, 2.75) is 13.5 Å². The van der Waals surface area contributed by atoms with E-state index in [-0.39, 0.29) is 11.9 Å². The van der Waals surface area contributed by atoms with Crippen LogP contribution < -0.4 is 4.74 Å². The minimum Gasteiger partial charge on any atom is -0.497 e. The number of aromatic nitrogens is 1. The summed E-state index contributed by atoms with van der Waals surface area (Å²) >= 11 is 0. The van der Waals surface area contributed by atoms with E-state index in [1.165, 1.54) is 11.9 Å². The topological polar surface area (TPSA) is 65.6 Å². The molecule has 0 saturated heterocycles. The van der Waals surface area contributed by atoms with E-state index in [9.17, 15) is 9.59 Å². The highest BCUT2D eigenvalue weighted by molar-refractivity contribution is 6.13. The Morgan fingerprint density at radius 1 is 1.33 bits per heavy atom. The Bertz CT molecular complexity index is 735. The number of nitrogens with zero attached hydrogens (tertiary/aromatic N) is 2. The first-order valence-corrected chi connectivity index (χ1v) is 6.82. The summed E-state index contributed by atoms with van der Waals surface area (Å²) in [5.74, 6) is 0.450. The number of ether oxygens (including phenoxy) is 1. The van der Waals surface area contributed by atoms with Crippen LogP contribution in [0.4, 0.5) is 4.79 Å². The number of hydrogen-bond donors (Lipinski definition) is 1. The third-order valence-electron chi connectivity index (χ3n) is 3.89. The second-order valence-electron chi connectivity index (χ2n) is 5.05. The first-order chi connectivity index (χ1) is 10.1. The summed E-state index contributed by atoms with van der Waals surface area (Å²) < 4.78 is 5.21. The van der Waals surface area contributed by atoms with Gasteiger partial charge in [-0.1, -0.05) is 0 Å². The van der Waals surface area contributed by atoms with Crippen LogP contribution in [0, 0.1) is 0 Å². The molecule has 2 aromatic rings. The zero-order chi connectivity index (χ0) is 15.1. The molecule has 2 heterocycles. The van der Waals surface area contributed by atoms with Crippen molar-refractivity contribution in [3.8, 4) is 5.75 Å². The summed E-state index contributed by atoms with van der Waals surface area (Å²) in [5.41, 5.74) is 2.17. The summed E-state index contributed by atoms with van der Waals surface area (Å²) in [6, 6.07) is 5.25. The molecule has 0 atom stereocenters.